The number of likely N-dealkylation sites (tertiary alicyclic amines) is 1. The molecule has 3 rings (SSSR count). The minimum Gasteiger partial charge on any atom is -0.360 e. The van der Waals surface area contributed by atoms with E-state index in [1.165, 1.54) is 5.56 Å². The lowest BCUT2D eigenvalue weighted by atomic mass is 9.95. The number of hydrogen-bond acceptors (Lipinski definition) is 4. The summed E-state index contributed by atoms with van der Waals surface area (Å²) in [6.45, 7) is 7.00. The maximum absolute atomic E-state index is 12.9. The number of benzene rings is 1. The smallest absolute Gasteiger partial charge is 0.259 e. The maximum atomic E-state index is 12.9. The van der Waals surface area contributed by atoms with E-state index < -0.39 is 0 Å². The van der Waals surface area contributed by atoms with E-state index in [1.54, 1.807) is 0 Å². The van der Waals surface area contributed by atoms with Crippen molar-refractivity contribution in [3.05, 3.63) is 52.9 Å². The fourth-order valence-electron chi connectivity index (χ4n) is 3.25. The predicted octanol–water partition coefficient (Wildman–Crippen LogP) is 3.10. The van der Waals surface area contributed by atoms with E-state index in [0.29, 0.717) is 30.1 Å². The van der Waals surface area contributed by atoms with Crippen molar-refractivity contribution in [3.63, 3.8) is 0 Å². The molecule has 2 atom stereocenters. The van der Waals surface area contributed by atoms with Crippen molar-refractivity contribution in [3.8, 4) is 0 Å². The molecule has 1 aliphatic heterocycles. The van der Waals surface area contributed by atoms with Gasteiger partial charge >= 0.3 is 0 Å². The lowest BCUT2D eigenvalue weighted by molar-refractivity contribution is 0.0785. The average molecular weight is 350 g/mol. The Morgan fingerprint density at radius 2 is 1.96 bits per heavy atom. The summed E-state index contributed by atoms with van der Waals surface area (Å²) < 4.78 is 5.35. The van der Waals surface area contributed by atoms with Gasteiger partial charge in [-0.2, -0.15) is 0 Å². The number of hydrogen-bond donors (Lipinski definition) is 1. The van der Waals surface area contributed by atoms with Gasteiger partial charge in [-0.25, -0.2) is 0 Å². The third-order valence-corrected chi connectivity index (χ3v) is 4.51. The zero-order valence-corrected chi connectivity index (χ0v) is 15.0. The molecule has 1 aliphatic rings. The van der Waals surface area contributed by atoms with Gasteiger partial charge in [0.25, 0.3) is 5.91 Å². The first-order chi connectivity index (χ1) is 11.0. The van der Waals surface area contributed by atoms with Crippen LogP contribution in [0.4, 0.5) is 0 Å². The molecule has 5 nitrogen and oxygen atoms in total. The molecule has 1 aromatic heterocycles. The van der Waals surface area contributed by atoms with Gasteiger partial charge in [0, 0.05) is 31.0 Å². The highest BCUT2D eigenvalue weighted by Gasteiger charge is 2.36. The van der Waals surface area contributed by atoms with Crippen molar-refractivity contribution in [1.82, 2.24) is 10.1 Å². The summed E-state index contributed by atoms with van der Waals surface area (Å²) in [7, 11) is 0. The van der Waals surface area contributed by atoms with Crippen LogP contribution in [-0.4, -0.2) is 35.1 Å². The number of nitrogens with two attached hydrogens (primary N) is 1. The van der Waals surface area contributed by atoms with Crippen LogP contribution in [0.5, 0.6) is 0 Å². The third-order valence-electron chi connectivity index (χ3n) is 4.51. The molecule has 2 aromatic rings. The molecule has 2 N–H and O–H groups in total. The average Bonchev–Trinajstić information content (AvgIpc) is 3.11. The summed E-state index contributed by atoms with van der Waals surface area (Å²) >= 11 is 0. The summed E-state index contributed by atoms with van der Waals surface area (Å²) in [4.78, 5) is 14.8. The molecule has 1 fully saturated rings. The Bertz CT molecular complexity index is 700. The minimum absolute atomic E-state index is 0. The molecule has 0 unspecified atom stereocenters. The molecule has 6 heteroatoms. The molecule has 0 saturated carbocycles. The van der Waals surface area contributed by atoms with Crippen molar-refractivity contribution in [2.24, 2.45) is 5.73 Å². The summed E-state index contributed by atoms with van der Waals surface area (Å²) in [5, 5.41) is 3.97. The number of aromatic nitrogens is 1. The molecule has 0 spiro atoms. The van der Waals surface area contributed by atoms with E-state index in [-0.39, 0.29) is 36.2 Å². The van der Waals surface area contributed by atoms with Crippen LogP contribution in [0.2, 0.25) is 0 Å². The lowest BCUT2D eigenvalue weighted by Crippen LogP contribution is -2.32. The second kappa shape index (κ2) is 7.36. The molecule has 1 saturated heterocycles. The topological polar surface area (TPSA) is 72.4 Å². The van der Waals surface area contributed by atoms with E-state index in [2.05, 4.69) is 17.3 Å². The highest BCUT2D eigenvalue weighted by atomic mass is 35.5. The van der Waals surface area contributed by atoms with Crippen LogP contribution in [0.3, 0.4) is 0 Å². The third kappa shape index (κ3) is 3.32. The first-order valence-corrected chi connectivity index (χ1v) is 8.05. The molecular formula is C18H24ClN3O2. The highest BCUT2D eigenvalue weighted by Crippen LogP contribution is 2.30. The summed E-state index contributed by atoms with van der Waals surface area (Å²) in [5.41, 5.74) is 8.72. The zero-order chi connectivity index (χ0) is 16.6. The van der Waals surface area contributed by atoms with Gasteiger partial charge in [-0.1, -0.05) is 49.3 Å². The fraction of sp³-hybridized carbons (Fsp3) is 0.444. The van der Waals surface area contributed by atoms with Gasteiger partial charge in [-0.15, -0.1) is 12.4 Å². The number of halogens is 1. The van der Waals surface area contributed by atoms with E-state index in [0.717, 1.165) is 0 Å². The van der Waals surface area contributed by atoms with Gasteiger partial charge in [0.1, 0.15) is 5.56 Å². The highest BCUT2D eigenvalue weighted by molar-refractivity contribution is 5.96. The molecule has 0 radical (unpaired) electrons. The van der Waals surface area contributed by atoms with Gasteiger partial charge in [-0.05, 0) is 12.5 Å². The van der Waals surface area contributed by atoms with E-state index in [1.807, 2.05) is 43.9 Å². The quantitative estimate of drug-likeness (QED) is 0.924. The monoisotopic (exact) mass is 349 g/mol. The zero-order valence-electron chi connectivity index (χ0n) is 14.2. The van der Waals surface area contributed by atoms with E-state index in [4.69, 9.17) is 10.3 Å². The summed E-state index contributed by atoms with van der Waals surface area (Å²) in [5.74, 6) is 0.921. The largest absolute Gasteiger partial charge is 0.360 e. The van der Waals surface area contributed by atoms with Crippen molar-refractivity contribution >= 4 is 18.3 Å². The molecule has 24 heavy (non-hydrogen) atoms. The maximum Gasteiger partial charge on any atom is 0.259 e. The van der Waals surface area contributed by atoms with Crippen LogP contribution in [0, 0.1) is 6.92 Å². The number of carbonyl (C=O) groups excluding carboxylic acids is 1. The Hall–Kier alpha value is -1.85. The van der Waals surface area contributed by atoms with Crippen LogP contribution in [0.25, 0.3) is 0 Å². The SMILES string of the molecule is Cc1noc(C(C)C)c1C(=O)N1C[C@@H](N)[C@H](c2ccccc2)C1.Cl. The fourth-order valence-corrected chi connectivity index (χ4v) is 3.25. The number of rotatable bonds is 3. The van der Waals surface area contributed by atoms with Crippen LogP contribution in [0.15, 0.2) is 34.9 Å². The normalized spacial score (nSPS) is 20.3. The minimum atomic E-state index is -0.0518. The Labute approximate surface area is 148 Å². The molecule has 0 bridgehead atoms. The lowest BCUT2D eigenvalue weighted by Gasteiger charge is -2.17. The molecule has 0 aliphatic carbocycles. The number of carbonyl (C=O) groups is 1. The van der Waals surface area contributed by atoms with Crippen LogP contribution >= 0.6 is 12.4 Å². The summed E-state index contributed by atoms with van der Waals surface area (Å²) in [6, 6.07) is 10.1. The van der Waals surface area contributed by atoms with Gasteiger partial charge in [0.2, 0.25) is 0 Å². The Morgan fingerprint density at radius 3 is 2.58 bits per heavy atom. The van der Waals surface area contributed by atoms with Crippen LogP contribution in [-0.2, 0) is 0 Å². The van der Waals surface area contributed by atoms with Crippen molar-refractivity contribution in [2.45, 2.75) is 38.6 Å². The van der Waals surface area contributed by atoms with E-state index >= 15 is 0 Å². The van der Waals surface area contributed by atoms with Gasteiger partial charge in [0.05, 0.1) is 5.69 Å². The number of amides is 1. The second-order valence-electron chi connectivity index (χ2n) is 6.55. The second-order valence-corrected chi connectivity index (χ2v) is 6.55. The number of nitrogens with zero attached hydrogens (tertiary/aromatic N) is 2. The van der Waals surface area contributed by atoms with Gasteiger partial charge in [0.15, 0.2) is 5.76 Å². The van der Waals surface area contributed by atoms with Crippen LogP contribution in [0.1, 0.15) is 53.1 Å². The Kier molecular flexibility index (Phi) is 5.67. The van der Waals surface area contributed by atoms with Gasteiger partial charge in [-0.3, -0.25) is 4.79 Å². The summed E-state index contributed by atoms with van der Waals surface area (Å²) in [6.07, 6.45) is 0. The number of aryl methyl sites for hydroxylation is 1. The van der Waals surface area contributed by atoms with Crippen LogP contribution < -0.4 is 5.73 Å². The molecule has 1 amide bonds. The molecule has 1 aromatic carbocycles. The first-order valence-electron chi connectivity index (χ1n) is 8.05. The van der Waals surface area contributed by atoms with Gasteiger partial charge < -0.3 is 15.2 Å². The Balaban J connectivity index is 0.00000208. The first kappa shape index (κ1) is 18.5. The van der Waals surface area contributed by atoms with E-state index in [9.17, 15) is 4.79 Å². The standard InChI is InChI=1S/C18H23N3O2.ClH/c1-11(2)17-16(12(3)20-23-17)18(22)21-9-14(15(19)10-21)13-7-5-4-6-8-13;/h4-8,11,14-15H,9-10,19H2,1-3H3;1H/t14-,15+;/m0./s1. The molecule has 130 valence electrons. The van der Waals surface area contributed by atoms with Crippen molar-refractivity contribution < 1.29 is 9.32 Å². The van der Waals surface area contributed by atoms with Crippen molar-refractivity contribution in [2.75, 3.05) is 13.1 Å². The Morgan fingerprint density at radius 1 is 1.29 bits per heavy atom. The molecular weight excluding hydrogens is 326 g/mol. The molecule has 2 heterocycles. The predicted molar refractivity (Wildman–Crippen MR) is 95.6 cm³/mol. The van der Waals surface area contributed by atoms with Crippen molar-refractivity contribution in [1.29, 1.82) is 0 Å².